The van der Waals surface area contributed by atoms with Gasteiger partial charge in [-0.25, -0.2) is 0 Å². The fraction of sp³-hybridized carbons (Fsp3) is 0.412. The van der Waals surface area contributed by atoms with Crippen LogP contribution in [0.5, 0.6) is 0 Å². The summed E-state index contributed by atoms with van der Waals surface area (Å²) < 4.78 is 11.4. The van der Waals surface area contributed by atoms with Crippen molar-refractivity contribution in [2.75, 3.05) is 37.7 Å². The van der Waals surface area contributed by atoms with Crippen LogP contribution in [0.1, 0.15) is 34.2 Å². The number of carbonyl (C=O) groups excluding carboxylic acids is 1. The molecule has 1 N–H and O–H groups in total. The third-order valence-electron chi connectivity index (χ3n) is 4.45. The van der Waals surface area contributed by atoms with E-state index in [9.17, 15) is 4.79 Å². The average molecular weight is 348 g/mol. The zero-order chi connectivity index (χ0) is 16.5. The molecule has 4 rings (SSSR count). The zero-order valence-corrected chi connectivity index (χ0v) is 13.9. The highest BCUT2D eigenvalue weighted by atomic mass is 35.5. The number of nitrogens with one attached hydrogen (secondary N) is 1. The lowest BCUT2D eigenvalue weighted by atomic mass is 9.93. The number of hydrogen-bond acceptors (Lipinski definition) is 5. The Bertz CT molecular complexity index is 738. The van der Waals surface area contributed by atoms with Crippen LogP contribution < -0.4 is 10.2 Å². The molecule has 3 heterocycles. The van der Waals surface area contributed by atoms with Gasteiger partial charge in [-0.05, 0) is 24.1 Å². The van der Waals surface area contributed by atoms with Gasteiger partial charge in [0.15, 0.2) is 5.69 Å². The van der Waals surface area contributed by atoms with Gasteiger partial charge in [-0.2, -0.15) is 4.98 Å². The molecule has 1 saturated heterocycles. The van der Waals surface area contributed by atoms with Crippen molar-refractivity contribution in [1.29, 1.82) is 0 Å². The van der Waals surface area contributed by atoms with Gasteiger partial charge in [0, 0.05) is 30.6 Å². The number of carbonyl (C=O) groups is 1. The van der Waals surface area contributed by atoms with Crippen molar-refractivity contribution in [3.63, 3.8) is 0 Å². The van der Waals surface area contributed by atoms with E-state index in [2.05, 4.69) is 10.3 Å². The largest absolute Gasteiger partial charge is 0.427 e. The van der Waals surface area contributed by atoms with E-state index in [0.717, 1.165) is 12.0 Å². The Morgan fingerprint density at radius 3 is 2.71 bits per heavy atom. The number of hydrogen-bond donors (Lipinski definition) is 1. The van der Waals surface area contributed by atoms with Crippen molar-refractivity contribution in [3.05, 3.63) is 46.3 Å². The molecule has 0 saturated carbocycles. The first-order valence-electron chi connectivity index (χ1n) is 8.09. The number of anilines is 1. The van der Waals surface area contributed by atoms with E-state index >= 15 is 0 Å². The van der Waals surface area contributed by atoms with E-state index in [0.29, 0.717) is 55.3 Å². The molecule has 1 atom stereocenters. The van der Waals surface area contributed by atoms with E-state index in [4.69, 9.17) is 20.8 Å². The molecule has 2 aliphatic heterocycles. The fourth-order valence-electron chi connectivity index (χ4n) is 3.17. The fourth-order valence-corrected chi connectivity index (χ4v) is 3.29. The maximum absolute atomic E-state index is 12.3. The summed E-state index contributed by atoms with van der Waals surface area (Å²) in [5.74, 6) is 0.442. The van der Waals surface area contributed by atoms with Gasteiger partial charge in [-0.3, -0.25) is 4.79 Å². The van der Waals surface area contributed by atoms with Crippen molar-refractivity contribution >= 4 is 23.5 Å². The second-order valence-electron chi connectivity index (χ2n) is 5.96. The molecular weight excluding hydrogens is 330 g/mol. The molecule has 2 aromatic rings. The van der Waals surface area contributed by atoms with Crippen molar-refractivity contribution < 1.29 is 13.9 Å². The minimum absolute atomic E-state index is 0.0153. The highest BCUT2D eigenvalue weighted by Crippen LogP contribution is 2.35. The Morgan fingerprint density at radius 1 is 1.21 bits per heavy atom. The molecule has 0 radical (unpaired) electrons. The summed E-state index contributed by atoms with van der Waals surface area (Å²) in [6.07, 6.45) is 0.762. The molecule has 126 valence electrons. The minimum atomic E-state index is -0.176. The maximum atomic E-state index is 12.3. The Labute approximate surface area is 144 Å². The lowest BCUT2D eigenvalue weighted by molar-refractivity contribution is 0.0951. The molecule has 1 aromatic carbocycles. The molecule has 2 aliphatic rings. The minimum Gasteiger partial charge on any atom is -0.427 e. The topological polar surface area (TPSA) is 67.6 Å². The molecule has 24 heavy (non-hydrogen) atoms. The second-order valence-corrected chi connectivity index (χ2v) is 6.39. The summed E-state index contributed by atoms with van der Waals surface area (Å²) in [7, 11) is 0. The van der Waals surface area contributed by atoms with Crippen LogP contribution in [0.2, 0.25) is 5.02 Å². The van der Waals surface area contributed by atoms with Crippen LogP contribution in [0.25, 0.3) is 0 Å². The third kappa shape index (κ3) is 2.87. The number of halogens is 1. The van der Waals surface area contributed by atoms with Crippen LogP contribution in [0.15, 0.2) is 28.7 Å². The Kier molecular flexibility index (Phi) is 4.16. The van der Waals surface area contributed by atoms with Crippen molar-refractivity contribution in [1.82, 2.24) is 10.3 Å². The predicted molar refractivity (Wildman–Crippen MR) is 89.8 cm³/mol. The standard InChI is InChI=1S/C17H18ClN3O3/c18-12-3-1-11(2-4-12)13-5-6-19-16(22)14-15(13)24-17(20-14)21-7-9-23-10-8-21/h1-4,13H,5-10H2,(H,19,22). The summed E-state index contributed by atoms with van der Waals surface area (Å²) in [6, 6.07) is 8.16. The van der Waals surface area contributed by atoms with Crippen LogP contribution in [-0.4, -0.2) is 43.7 Å². The first-order chi connectivity index (χ1) is 11.7. The van der Waals surface area contributed by atoms with Gasteiger partial charge in [-0.1, -0.05) is 23.7 Å². The summed E-state index contributed by atoms with van der Waals surface area (Å²) in [5, 5.41) is 3.59. The van der Waals surface area contributed by atoms with E-state index in [1.807, 2.05) is 29.2 Å². The number of nitrogens with zero attached hydrogens (tertiary/aromatic N) is 2. The van der Waals surface area contributed by atoms with Gasteiger partial charge in [0.05, 0.1) is 13.2 Å². The summed E-state index contributed by atoms with van der Waals surface area (Å²) >= 11 is 5.99. The van der Waals surface area contributed by atoms with Crippen molar-refractivity contribution in [3.8, 4) is 0 Å². The number of ether oxygens (including phenoxy) is 1. The summed E-state index contributed by atoms with van der Waals surface area (Å²) in [5.41, 5.74) is 1.45. The Morgan fingerprint density at radius 2 is 1.96 bits per heavy atom. The van der Waals surface area contributed by atoms with Gasteiger partial charge >= 0.3 is 0 Å². The van der Waals surface area contributed by atoms with Crippen LogP contribution in [0.4, 0.5) is 6.01 Å². The molecule has 1 amide bonds. The van der Waals surface area contributed by atoms with Crippen LogP contribution in [0, 0.1) is 0 Å². The number of benzene rings is 1. The van der Waals surface area contributed by atoms with Crippen LogP contribution in [-0.2, 0) is 4.74 Å². The van der Waals surface area contributed by atoms with Crippen LogP contribution in [0.3, 0.4) is 0 Å². The molecular formula is C17H18ClN3O3. The summed E-state index contributed by atoms with van der Waals surface area (Å²) in [6.45, 7) is 3.30. The summed E-state index contributed by atoms with van der Waals surface area (Å²) in [4.78, 5) is 18.8. The first-order valence-corrected chi connectivity index (χ1v) is 8.47. The van der Waals surface area contributed by atoms with E-state index in [1.165, 1.54) is 0 Å². The van der Waals surface area contributed by atoms with Crippen molar-refractivity contribution in [2.45, 2.75) is 12.3 Å². The number of oxazole rings is 1. The number of fused-ring (bicyclic) bond motifs is 1. The molecule has 6 nitrogen and oxygen atoms in total. The molecule has 1 aromatic heterocycles. The second kappa shape index (κ2) is 6.45. The monoisotopic (exact) mass is 347 g/mol. The molecule has 1 fully saturated rings. The Balaban J connectivity index is 1.73. The van der Waals surface area contributed by atoms with E-state index in [-0.39, 0.29) is 11.8 Å². The number of rotatable bonds is 2. The molecule has 0 aliphatic carbocycles. The van der Waals surface area contributed by atoms with E-state index < -0.39 is 0 Å². The van der Waals surface area contributed by atoms with Gasteiger partial charge < -0.3 is 19.4 Å². The van der Waals surface area contributed by atoms with Gasteiger partial charge in [0.25, 0.3) is 11.9 Å². The average Bonchev–Trinajstić information content (AvgIpc) is 2.99. The molecule has 7 heteroatoms. The molecule has 0 bridgehead atoms. The molecule has 1 unspecified atom stereocenters. The van der Waals surface area contributed by atoms with Gasteiger partial charge in [-0.15, -0.1) is 0 Å². The highest BCUT2D eigenvalue weighted by molar-refractivity contribution is 6.30. The maximum Gasteiger partial charge on any atom is 0.298 e. The number of amides is 1. The van der Waals surface area contributed by atoms with Gasteiger partial charge in [0.1, 0.15) is 5.76 Å². The normalized spacial score (nSPS) is 21.1. The van der Waals surface area contributed by atoms with Crippen molar-refractivity contribution in [2.24, 2.45) is 0 Å². The predicted octanol–water partition coefficient (Wildman–Crippen LogP) is 2.43. The quantitative estimate of drug-likeness (QED) is 0.903. The van der Waals surface area contributed by atoms with E-state index in [1.54, 1.807) is 0 Å². The Hall–Kier alpha value is -2.05. The SMILES string of the molecule is O=C1NCCC(c2ccc(Cl)cc2)c2oc(N3CCOCC3)nc21. The number of aromatic nitrogens is 1. The first kappa shape index (κ1) is 15.5. The number of morpholine rings is 1. The highest BCUT2D eigenvalue weighted by Gasteiger charge is 2.32. The smallest absolute Gasteiger partial charge is 0.298 e. The zero-order valence-electron chi connectivity index (χ0n) is 13.1. The molecule has 0 spiro atoms. The third-order valence-corrected chi connectivity index (χ3v) is 4.70. The lowest BCUT2D eigenvalue weighted by Crippen LogP contribution is -2.36. The lowest BCUT2D eigenvalue weighted by Gasteiger charge is -2.25. The van der Waals surface area contributed by atoms with Gasteiger partial charge in [0.2, 0.25) is 0 Å². The van der Waals surface area contributed by atoms with Crippen LogP contribution >= 0.6 is 11.6 Å².